The summed E-state index contributed by atoms with van der Waals surface area (Å²) in [7, 11) is 0. The number of hydrogen-bond acceptors (Lipinski definition) is 12. The number of aromatic nitrogens is 3. The summed E-state index contributed by atoms with van der Waals surface area (Å²) in [5.74, 6) is -0.807. The zero-order valence-corrected chi connectivity index (χ0v) is 51.5. The van der Waals surface area contributed by atoms with Crippen LogP contribution in [0.15, 0.2) is 144 Å². The minimum atomic E-state index is -1.29. The standard InChI is InChI=1S/C69H88N8O7/c1-11-52-46(7)54-39-59-61(68(80)83-40-50-23-30-76(31-24-50)34-28-70)48(9)56(73-59)37-55-47(8)53(21-22-60(78)82-36-27-45(6)20-14-19-44(5)18-13-17-43(4)16-12-15-42(2)3)65(74-55)63-64(69(81)84-41-51-25-32-77(33-26-51)35-29-71)67(79)62-49(10)57(75-66(62)63)38-58(52)72-54/h23-27,30-33,37-39,42-44,64H,11-22,28-29,34-36,40-41,70-71H2,1-10H3/p+2/b45-27+,54-39?,55-37?,56-37?,57-38?,58-38?,59-39?,65-63?. The number of rotatable bonds is 28. The van der Waals surface area contributed by atoms with Crippen molar-refractivity contribution in [2.75, 3.05) is 19.7 Å². The lowest BCUT2D eigenvalue weighted by molar-refractivity contribution is -0.694. The quantitative estimate of drug-likeness (QED) is 0.0235. The fourth-order valence-corrected chi connectivity index (χ4v) is 11.9. The van der Waals surface area contributed by atoms with Gasteiger partial charge in [0.1, 0.15) is 31.5 Å². The van der Waals surface area contributed by atoms with Crippen molar-refractivity contribution in [2.24, 2.45) is 50.1 Å². The molecule has 3 unspecified atom stereocenters. The van der Waals surface area contributed by atoms with Crippen LogP contribution in [-0.4, -0.2) is 64.8 Å². The van der Waals surface area contributed by atoms with Crippen LogP contribution < -0.4 is 31.3 Å². The third kappa shape index (κ3) is 15.1. The van der Waals surface area contributed by atoms with E-state index >= 15 is 0 Å². The number of hydrogen-bond donors (Lipinski definition) is 4. The van der Waals surface area contributed by atoms with Gasteiger partial charge in [0.25, 0.3) is 0 Å². The average Bonchev–Trinajstić information content (AvgIpc) is 1.65. The average molecular weight is 1140 g/mol. The number of allylic oxidation sites excluding steroid dienone is 8. The highest BCUT2D eigenvalue weighted by Gasteiger charge is 2.47. The van der Waals surface area contributed by atoms with E-state index in [2.05, 4.69) is 46.5 Å². The van der Waals surface area contributed by atoms with E-state index in [1.165, 1.54) is 50.5 Å². The van der Waals surface area contributed by atoms with Crippen molar-refractivity contribution in [3.63, 3.8) is 0 Å². The van der Waals surface area contributed by atoms with E-state index in [-0.39, 0.29) is 44.4 Å². The smallest absolute Gasteiger partial charge is 0.340 e. The highest BCUT2D eigenvalue weighted by molar-refractivity contribution is 6.28. The number of nitrogens with zero attached hydrogens (tertiary/aromatic N) is 5. The molecule has 0 amide bonds. The lowest BCUT2D eigenvalue weighted by atomic mass is 9.91. The van der Waals surface area contributed by atoms with Gasteiger partial charge in [-0.15, -0.1) is 0 Å². The number of fused-ring (bicyclic) bond motifs is 5. The van der Waals surface area contributed by atoms with Crippen molar-refractivity contribution in [1.29, 1.82) is 0 Å². The first-order chi connectivity index (χ1) is 40.4. The van der Waals surface area contributed by atoms with Crippen LogP contribution in [0.2, 0.25) is 0 Å². The summed E-state index contributed by atoms with van der Waals surface area (Å²) < 4.78 is 21.9. The largest absolute Gasteiger partial charge is 0.510 e. The first-order valence-electron chi connectivity index (χ1n) is 30.6. The number of pyridine rings is 2. The molecular weight excluding hydrogens is 1050 g/mol. The van der Waals surface area contributed by atoms with Crippen LogP contribution in [0, 0.1) is 30.6 Å². The van der Waals surface area contributed by atoms with Crippen LogP contribution >= 0.6 is 0 Å². The van der Waals surface area contributed by atoms with Gasteiger partial charge in [-0.3, -0.25) is 9.59 Å². The van der Waals surface area contributed by atoms with Gasteiger partial charge in [-0.05, 0) is 136 Å². The molecule has 6 N–H and O–H groups in total. The van der Waals surface area contributed by atoms with Crippen LogP contribution in [-0.2, 0) is 50.1 Å². The molecule has 1 aliphatic carbocycles. The number of esters is 3. The number of aromatic amines is 1. The summed E-state index contributed by atoms with van der Waals surface area (Å²) in [5, 5.41) is 13.6. The van der Waals surface area contributed by atoms with Crippen LogP contribution in [0.5, 0.6) is 0 Å². The number of H-pyrrole nitrogens is 1. The Morgan fingerprint density at radius 1 is 0.714 bits per heavy atom. The second-order valence-corrected chi connectivity index (χ2v) is 24.0. The van der Waals surface area contributed by atoms with E-state index in [1.54, 1.807) is 0 Å². The Kier molecular flexibility index (Phi) is 21.6. The minimum absolute atomic E-state index is 0.0182. The number of ether oxygens (including phenoxy) is 3. The maximum absolute atomic E-state index is 14.7. The summed E-state index contributed by atoms with van der Waals surface area (Å²) >= 11 is 0. The molecule has 446 valence electrons. The van der Waals surface area contributed by atoms with Crippen molar-refractivity contribution < 1.29 is 42.8 Å². The maximum atomic E-state index is 14.7. The molecule has 5 aliphatic rings. The SMILES string of the molecule is CCC1=C(C)C2=NC1=CC1=C(C)C3=C(O)C(C(=O)OCc4cc[n+](CCN)cc4)C(=C4N=C(C=c5[nH]c(c(C(=O)OCc6cc[n+](CCN)cc6)c5C)=C2)C(C)=C4CCC(=O)OC/C=C(\C)CCCC(C)CCCC(C)CCCC(C)C)C3=N1. The molecule has 7 heterocycles. The highest BCUT2D eigenvalue weighted by Crippen LogP contribution is 2.48. The Labute approximate surface area is 496 Å². The first kappa shape index (κ1) is 62.7. The second kappa shape index (κ2) is 29.0. The van der Waals surface area contributed by atoms with E-state index < -0.39 is 17.9 Å². The van der Waals surface area contributed by atoms with Gasteiger partial charge in [0.2, 0.25) is 0 Å². The number of carbonyl (C=O) groups excluding carboxylic acids is 3. The Bertz CT molecular complexity index is 3450. The zero-order chi connectivity index (χ0) is 60.2. The van der Waals surface area contributed by atoms with Crippen LogP contribution in [0.3, 0.4) is 0 Å². The van der Waals surface area contributed by atoms with Crippen molar-refractivity contribution in [2.45, 2.75) is 173 Å². The molecular formula is C69H90N8O7+2. The Morgan fingerprint density at radius 3 is 1.92 bits per heavy atom. The minimum Gasteiger partial charge on any atom is -0.510 e. The first-order valence-corrected chi connectivity index (χ1v) is 30.6. The molecule has 8 bridgehead atoms. The molecule has 0 fully saturated rings. The summed E-state index contributed by atoms with van der Waals surface area (Å²) in [6.45, 7) is 23.7. The van der Waals surface area contributed by atoms with Gasteiger partial charge in [-0.1, -0.05) is 85.1 Å². The third-order valence-corrected chi connectivity index (χ3v) is 17.1. The van der Waals surface area contributed by atoms with E-state index in [0.29, 0.717) is 117 Å². The van der Waals surface area contributed by atoms with Gasteiger partial charge in [0, 0.05) is 58.3 Å². The van der Waals surface area contributed by atoms with E-state index in [9.17, 15) is 19.5 Å². The van der Waals surface area contributed by atoms with Crippen molar-refractivity contribution in [3.8, 4) is 0 Å². The lowest BCUT2D eigenvalue weighted by Gasteiger charge is -2.17. The Morgan fingerprint density at radius 2 is 1.30 bits per heavy atom. The number of nitrogens with two attached hydrogens (primary N) is 2. The van der Waals surface area contributed by atoms with Gasteiger partial charge in [0.05, 0.1) is 58.2 Å². The molecule has 0 aromatic carbocycles. The highest BCUT2D eigenvalue weighted by atomic mass is 16.5. The molecule has 3 aromatic heterocycles. The Balaban J connectivity index is 1.11. The summed E-state index contributed by atoms with van der Waals surface area (Å²) in [5.41, 5.74) is 23.4. The molecule has 4 aliphatic heterocycles. The van der Waals surface area contributed by atoms with Gasteiger partial charge in [-0.2, -0.15) is 0 Å². The zero-order valence-electron chi connectivity index (χ0n) is 51.5. The monoisotopic (exact) mass is 1140 g/mol. The Hall–Kier alpha value is -7.36. The number of aliphatic hydroxyl groups is 1. The number of aliphatic imine (C=N–C) groups is 3. The van der Waals surface area contributed by atoms with Crippen molar-refractivity contribution in [1.82, 2.24) is 4.98 Å². The molecule has 15 nitrogen and oxygen atoms in total. The van der Waals surface area contributed by atoms with Gasteiger partial charge in [-0.25, -0.2) is 28.9 Å². The second-order valence-electron chi connectivity index (χ2n) is 24.0. The van der Waals surface area contributed by atoms with Crippen molar-refractivity contribution in [3.05, 3.63) is 162 Å². The molecule has 3 aromatic rings. The number of aliphatic hydroxyl groups excluding tert-OH is 1. The molecule has 0 saturated carbocycles. The lowest BCUT2D eigenvalue weighted by Crippen LogP contribution is -2.36. The molecule has 8 rings (SSSR count). The third-order valence-electron chi connectivity index (χ3n) is 17.1. The fourth-order valence-electron chi connectivity index (χ4n) is 11.9. The van der Waals surface area contributed by atoms with Gasteiger partial charge >= 0.3 is 17.9 Å². The molecule has 84 heavy (non-hydrogen) atoms. The van der Waals surface area contributed by atoms with E-state index in [0.717, 1.165) is 52.5 Å². The predicted molar refractivity (Wildman–Crippen MR) is 332 cm³/mol. The molecule has 3 atom stereocenters. The number of nitrogens with one attached hydrogen (secondary N) is 1. The molecule has 15 heteroatoms. The van der Waals surface area contributed by atoms with E-state index in [4.69, 9.17) is 40.7 Å². The van der Waals surface area contributed by atoms with Crippen LogP contribution in [0.1, 0.15) is 166 Å². The van der Waals surface area contributed by atoms with Crippen molar-refractivity contribution >= 4 is 47.2 Å². The fraction of sp³-hybridized carbons (Fsp3) is 0.478. The van der Waals surface area contributed by atoms with Crippen LogP contribution in [0.4, 0.5) is 0 Å². The summed E-state index contributed by atoms with van der Waals surface area (Å²) in [4.78, 5) is 62.2. The summed E-state index contributed by atoms with van der Waals surface area (Å²) in [6, 6.07) is 7.56. The molecule has 0 spiro atoms. The molecule has 0 saturated heterocycles. The maximum Gasteiger partial charge on any atom is 0.340 e. The van der Waals surface area contributed by atoms with E-state index in [1.807, 2.05) is 110 Å². The normalized spacial score (nSPS) is 17.4. The van der Waals surface area contributed by atoms with Crippen LogP contribution in [0.25, 0.3) is 12.2 Å². The van der Waals surface area contributed by atoms with Gasteiger partial charge < -0.3 is 35.8 Å². The van der Waals surface area contributed by atoms with Gasteiger partial charge in [0.15, 0.2) is 37.9 Å². The summed E-state index contributed by atoms with van der Waals surface area (Å²) in [6.07, 6.45) is 27.2. The topological polar surface area (TPSA) is 212 Å². The number of carbonyl (C=O) groups is 3. The molecule has 0 radical (unpaired) electrons. The predicted octanol–water partition coefficient (Wildman–Crippen LogP) is 10.5.